The zero-order chi connectivity index (χ0) is 22.2. The number of pyridine rings is 1. The summed E-state index contributed by atoms with van der Waals surface area (Å²) in [6.07, 6.45) is 6.01. The van der Waals surface area contributed by atoms with E-state index in [2.05, 4.69) is 4.98 Å². The molecule has 32 heavy (non-hydrogen) atoms. The van der Waals surface area contributed by atoms with Gasteiger partial charge in [-0.1, -0.05) is 6.42 Å². The molecule has 0 radical (unpaired) electrons. The number of carboxylic acids is 1. The average Bonchev–Trinajstić information content (AvgIpc) is 2.77. The highest BCUT2D eigenvalue weighted by atomic mass is 16.5. The van der Waals surface area contributed by atoms with Crippen molar-refractivity contribution in [1.82, 2.24) is 9.97 Å². The molecule has 2 fully saturated rings. The summed E-state index contributed by atoms with van der Waals surface area (Å²) < 4.78 is 11.2. The minimum atomic E-state index is -0.760. The van der Waals surface area contributed by atoms with Gasteiger partial charge in [-0.2, -0.15) is 0 Å². The van der Waals surface area contributed by atoms with Crippen LogP contribution in [0.25, 0.3) is 22.4 Å². The van der Waals surface area contributed by atoms with Crippen molar-refractivity contribution in [2.24, 2.45) is 5.92 Å². The average molecular weight is 435 g/mol. The van der Waals surface area contributed by atoms with Gasteiger partial charge in [-0.3, -0.25) is 4.79 Å². The fourth-order valence-electron chi connectivity index (χ4n) is 4.63. The maximum atomic E-state index is 13.1. The smallest absolute Gasteiger partial charge is 0.347 e. The Morgan fingerprint density at radius 2 is 2.00 bits per heavy atom. The molecule has 0 atom stereocenters. The summed E-state index contributed by atoms with van der Waals surface area (Å²) in [6, 6.07) is 7.30. The number of benzene rings is 1. The predicted molar refractivity (Wildman–Crippen MR) is 119 cm³/mol. The molecule has 3 aromatic rings. The van der Waals surface area contributed by atoms with Crippen molar-refractivity contribution in [3.63, 3.8) is 0 Å². The molecule has 1 aliphatic heterocycles. The molecule has 1 saturated carbocycles. The molecule has 1 aliphatic carbocycles. The zero-order valence-electron chi connectivity index (χ0n) is 17.9. The summed E-state index contributed by atoms with van der Waals surface area (Å²) in [5, 5.41) is 9.80. The molecule has 166 valence electrons. The summed E-state index contributed by atoms with van der Waals surface area (Å²) in [5.74, 6) is 0.752. The predicted octanol–water partition coefficient (Wildman–Crippen LogP) is 3.83. The first kappa shape index (κ1) is 20.5. The number of nitrogens with zero attached hydrogens (tertiary/aromatic N) is 3. The van der Waals surface area contributed by atoms with Crippen molar-refractivity contribution in [2.45, 2.75) is 38.0 Å². The van der Waals surface area contributed by atoms with Crippen molar-refractivity contribution in [3.8, 4) is 17.2 Å². The third-order valence-electron chi connectivity index (χ3n) is 6.68. The lowest BCUT2D eigenvalue weighted by Gasteiger charge is -2.31. The maximum Gasteiger partial charge on any atom is 0.347 e. The topological polar surface area (TPSA) is 106 Å². The van der Waals surface area contributed by atoms with E-state index in [4.69, 9.17) is 14.1 Å². The number of ether oxygens (including phenoxy) is 1. The Labute approximate surface area is 184 Å². The maximum absolute atomic E-state index is 13.1. The highest BCUT2D eigenvalue weighted by Crippen LogP contribution is 2.41. The summed E-state index contributed by atoms with van der Waals surface area (Å²) in [4.78, 5) is 35.6. The van der Waals surface area contributed by atoms with E-state index < -0.39 is 11.6 Å². The van der Waals surface area contributed by atoms with Crippen molar-refractivity contribution >= 4 is 22.7 Å². The molecule has 5 rings (SSSR count). The van der Waals surface area contributed by atoms with Gasteiger partial charge in [-0.25, -0.2) is 14.8 Å². The van der Waals surface area contributed by atoms with Gasteiger partial charge >= 0.3 is 11.6 Å². The lowest BCUT2D eigenvalue weighted by atomic mass is 9.79. The van der Waals surface area contributed by atoms with Gasteiger partial charge < -0.3 is 19.2 Å². The van der Waals surface area contributed by atoms with Crippen molar-refractivity contribution in [1.29, 1.82) is 0 Å². The van der Waals surface area contributed by atoms with Crippen LogP contribution in [-0.2, 0) is 4.79 Å². The van der Waals surface area contributed by atoms with E-state index in [1.54, 1.807) is 25.4 Å². The lowest BCUT2D eigenvalue weighted by Crippen LogP contribution is -2.37. The molecule has 1 saturated heterocycles. The Hall–Kier alpha value is -3.42. The first-order valence-corrected chi connectivity index (χ1v) is 11.0. The summed E-state index contributed by atoms with van der Waals surface area (Å²) in [6.45, 7) is 1.14. The van der Waals surface area contributed by atoms with Crippen molar-refractivity contribution < 1.29 is 19.1 Å². The van der Waals surface area contributed by atoms with Crippen LogP contribution in [-0.4, -0.2) is 41.2 Å². The van der Waals surface area contributed by atoms with Crippen LogP contribution in [0.2, 0.25) is 0 Å². The quantitative estimate of drug-likeness (QED) is 0.645. The highest BCUT2D eigenvalue weighted by molar-refractivity contribution is 5.85. The molecule has 0 amide bonds. The second kappa shape index (κ2) is 8.26. The van der Waals surface area contributed by atoms with E-state index in [-0.39, 0.29) is 11.8 Å². The van der Waals surface area contributed by atoms with Crippen LogP contribution in [0.1, 0.15) is 43.6 Å². The lowest BCUT2D eigenvalue weighted by molar-refractivity contribution is -0.142. The number of carboxylic acid groups (broad SMARTS) is 1. The molecule has 8 nitrogen and oxygen atoms in total. The van der Waals surface area contributed by atoms with Gasteiger partial charge in [0.25, 0.3) is 0 Å². The number of aromatic nitrogens is 2. The molecule has 1 aromatic carbocycles. The zero-order valence-corrected chi connectivity index (χ0v) is 17.9. The Morgan fingerprint density at radius 3 is 2.66 bits per heavy atom. The van der Waals surface area contributed by atoms with E-state index in [1.165, 1.54) is 0 Å². The molecule has 0 unspecified atom stereocenters. The van der Waals surface area contributed by atoms with E-state index in [0.29, 0.717) is 59.9 Å². The van der Waals surface area contributed by atoms with E-state index >= 15 is 0 Å². The minimum absolute atomic E-state index is 0.207. The number of piperidine rings is 1. The van der Waals surface area contributed by atoms with E-state index in [0.717, 1.165) is 24.8 Å². The fraction of sp³-hybridized carbons (Fsp3) is 0.417. The van der Waals surface area contributed by atoms with E-state index in [9.17, 15) is 14.7 Å². The molecule has 2 aliphatic rings. The van der Waals surface area contributed by atoms with Gasteiger partial charge in [0.15, 0.2) is 0 Å². The highest BCUT2D eigenvalue weighted by Gasteiger charge is 2.28. The van der Waals surface area contributed by atoms with Crippen LogP contribution in [0.3, 0.4) is 0 Å². The molecular formula is C24H25N3O5. The summed E-state index contributed by atoms with van der Waals surface area (Å²) in [5.41, 5.74) is 1.71. The Kier molecular flexibility index (Phi) is 5.28. The van der Waals surface area contributed by atoms with Crippen molar-refractivity contribution in [2.75, 3.05) is 25.1 Å². The summed E-state index contributed by atoms with van der Waals surface area (Å²) >= 11 is 0. The Morgan fingerprint density at radius 1 is 1.22 bits per heavy atom. The molecule has 1 N–H and O–H groups in total. The number of methoxy groups -OCH3 is 1. The second-order valence-corrected chi connectivity index (χ2v) is 8.52. The molecular weight excluding hydrogens is 410 g/mol. The van der Waals surface area contributed by atoms with Gasteiger partial charge in [-0.15, -0.1) is 0 Å². The minimum Gasteiger partial charge on any atom is -0.497 e. The number of hydrogen-bond acceptors (Lipinski definition) is 7. The van der Waals surface area contributed by atoms with Gasteiger partial charge in [0.1, 0.15) is 11.6 Å². The number of anilines is 1. The van der Waals surface area contributed by atoms with Gasteiger partial charge in [-0.05, 0) is 55.4 Å². The number of rotatable bonds is 5. The summed E-state index contributed by atoms with van der Waals surface area (Å²) in [7, 11) is 1.61. The standard InChI is InChI=1S/C24H25N3O5/c1-31-16-12-18(14-4-2-5-14)20-19(13-16)26-22(32-24(20)30)17-6-3-9-25-21(17)27-10-7-15(8-11-27)23(28)29/h3,6,9,12-15H,2,4-5,7-8,10-11H2,1H3,(H,28,29). The monoisotopic (exact) mass is 435 g/mol. The first-order chi connectivity index (χ1) is 15.5. The SMILES string of the molecule is COc1cc(C2CCC2)c2c(=O)oc(-c3cccnc3N3CCC(C(=O)O)CC3)nc2c1. The number of hydrogen-bond donors (Lipinski definition) is 1. The van der Waals surface area contributed by atoms with Crippen LogP contribution < -0.4 is 15.3 Å². The van der Waals surface area contributed by atoms with E-state index in [1.807, 2.05) is 17.0 Å². The molecule has 2 aromatic heterocycles. The molecule has 0 bridgehead atoms. The van der Waals surface area contributed by atoms with Crippen LogP contribution in [0.4, 0.5) is 5.82 Å². The van der Waals surface area contributed by atoms with Crippen LogP contribution in [0.15, 0.2) is 39.7 Å². The largest absolute Gasteiger partial charge is 0.497 e. The van der Waals surface area contributed by atoms with Gasteiger partial charge in [0.2, 0.25) is 5.89 Å². The van der Waals surface area contributed by atoms with Crippen molar-refractivity contribution in [3.05, 3.63) is 46.4 Å². The third-order valence-corrected chi connectivity index (χ3v) is 6.68. The number of fused-ring (bicyclic) bond motifs is 1. The molecule has 0 spiro atoms. The third kappa shape index (κ3) is 3.59. The molecule has 3 heterocycles. The Balaban J connectivity index is 1.57. The van der Waals surface area contributed by atoms with Crippen LogP contribution in [0, 0.1) is 5.92 Å². The number of aliphatic carboxylic acids is 1. The Bertz CT molecular complexity index is 1230. The fourth-order valence-corrected chi connectivity index (χ4v) is 4.63. The number of carbonyl (C=O) groups is 1. The van der Waals surface area contributed by atoms with Gasteiger partial charge in [0.05, 0.1) is 29.5 Å². The molecule has 8 heteroatoms. The van der Waals surface area contributed by atoms with Crippen LogP contribution in [0.5, 0.6) is 5.75 Å². The van der Waals surface area contributed by atoms with Gasteiger partial charge in [0, 0.05) is 25.4 Å². The second-order valence-electron chi connectivity index (χ2n) is 8.52. The van der Waals surface area contributed by atoms with Crippen LogP contribution >= 0.6 is 0 Å². The first-order valence-electron chi connectivity index (χ1n) is 11.0. The normalized spacial score (nSPS) is 17.3.